The average molecular weight is 462 g/mol. The molecule has 1 aliphatic heterocycles. The first-order valence-electron chi connectivity index (χ1n) is 10.4. The van der Waals surface area contributed by atoms with Crippen LogP contribution in [-0.4, -0.2) is 71.2 Å². The number of β-amino-alcohol motifs (C(OH)–C–C–N with tert-alkyl or cyclic N) is 1. The second-order valence-corrected chi connectivity index (χ2v) is 7.88. The Morgan fingerprint density at radius 1 is 1.22 bits per heavy atom. The van der Waals surface area contributed by atoms with Crippen LogP contribution in [0.4, 0.5) is 27.2 Å². The number of nitrogens with one attached hydrogen (secondary N) is 2. The number of carbonyl (C=O) groups excluding carboxylic acids is 2. The van der Waals surface area contributed by atoms with E-state index in [0.717, 1.165) is 25.0 Å². The van der Waals surface area contributed by atoms with Gasteiger partial charge >= 0.3 is 18.4 Å². The Morgan fingerprint density at radius 2 is 1.94 bits per heavy atom. The SMILES string of the molecule is CCNC(=O)N1CC(O)CC(N(C(=O)NCc2ccc(OC(F)(F)F)cc2F)C2CC2)C1. The van der Waals surface area contributed by atoms with Gasteiger partial charge in [0.1, 0.15) is 11.6 Å². The number of aliphatic hydroxyl groups is 1. The molecule has 3 rings (SSSR count). The van der Waals surface area contributed by atoms with Gasteiger partial charge < -0.3 is 30.3 Å². The lowest BCUT2D eigenvalue weighted by molar-refractivity contribution is -0.274. The van der Waals surface area contributed by atoms with E-state index in [1.807, 2.05) is 0 Å². The van der Waals surface area contributed by atoms with Gasteiger partial charge in [0.05, 0.1) is 12.1 Å². The van der Waals surface area contributed by atoms with Crippen molar-refractivity contribution in [3.05, 3.63) is 29.6 Å². The maximum absolute atomic E-state index is 14.2. The molecule has 3 N–H and O–H groups in total. The summed E-state index contributed by atoms with van der Waals surface area (Å²) >= 11 is 0. The minimum atomic E-state index is -4.93. The summed E-state index contributed by atoms with van der Waals surface area (Å²) in [7, 11) is 0. The minimum Gasteiger partial charge on any atom is -0.406 e. The van der Waals surface area contributed by atoms with Crippen molar-refractivity contribution < 1.29 is 37.0 Å². The minimum absolute atomic E-state index is 0.00347. The first kappa shape index (κ1) is 23.9. The zero-order valence-corrected chi connectivity index (χ0v) is 17.5. The molecule has 0 aromatic heterocycles. The van der Waals surface area contributed by atoms with Gasteiger partial charge in [0.25, 0.3) is 0 Å². The molecule has 0 spiro atoms. The number of piperidine rings is 1. The first-order chi connectivity index (χ1) is 15.1. The molecule has 2 unspecified atom stereocenters. The van der Waals surface area contributed by atoms with Crippen molar-refractivity contribution >= 4 is 12.1 Å². The third-order valence-electron chi connectivity index (χ3n) is 5.28. The summed E-state index contributed by atoms with van der Waals surface area (Å²) in [6, 6.07) is 1.41. The van der Waals surface area contributed by atoms with Gasteiger partial charge in [-0.3, -0.25) is 0 Å². The Labute approximate surface area is 182 Å². The largest absolute Gasteiger partial charge is 0.573 e. The molecule has 12 heteroatoms. The molecule has 1 aromatic carbocycles. The van der Waals surface area contributed by atoms with Gasteiger partial charge in [0.15, 0.2) is 0 Å². The van der Waals surface area contributed by atoms with Gasteiger partial charge in [0, 0.05) is 43.9 Å². The fraction of sp³-hybridized carbons (Fsp3) is 0.600. The number of amides is 4. The van der Waals surface area contributed by atoms with Crippen LogP contribution in [0, 0.1) is 5.82 Å². The number of likely N-dealkylation sites (tertiary alicyclic amines) is 1. The number of aliphatic hydroxyl groups excluding tert-OH is 1. The van der Waals surface area contributed by atoms with Crippen molar-refractivity contribution in [1.29, 1.82) is 0 Å². The Bertz CT molecular complexity index is 834. The van der Waals surface area contributed by atoms with Gasteiger partial charge in [-0.2, -0.15) is 0 Å². The topological polar surface area (TPSA) is 94.1 Å². The van der Waals surface area contributed by atoms with Gasteiger partial charge in [-0.15, -0.1) is 13.2 Å². The quantitative estimate of drug-likeness (QED) is 0.567. The van der Waals surface area contributed by atoms with Crippen LogP contribution in [0.3, 0.4) is 0 Å². The summed E-state index contributed by atoms with van der Waals surface area (Å²) in [5, 5.41) is 15.5. The van der Waals surface area contributed by atoms with Gasteiger partial charge in [-0.1, -0.05) is 6.07 Å². The van der Waals surface area contributed by atoms with Crippen LogP contribution >= 0.6 is 0 Å². The second kappa shape index (κ2) is 9.80. The molecule has 1 saturated heterocycles. The van der Waals surface area contributed by atoms with Crippen LogP contribution in [0.5, 0.6) is 5.75 Å². The van der Waals surface area contributed by atoms with Gasteiger partial charge in [-0.25, -0.2) is 14.0 Å². The van der Waals surface area contributed by atoms with Crippen molar-refractivity contribution in [2.24, 2.45) is 0 Å². The molecule has 2 fully saturated rings. The van der Waals surface area contributed by atoms with E-state index in [-0.39, 0.29) is 37.3 Å². The average Bonchev–Trinajstić information content (AvgIpc) is 3.51. The maximum atomic E-state index is 14.2. The third kappa shape index (κ3) is 6.38. The number of nitrogens with zero attached hydrogens (tertiary/aromatic N) is 2. The summed E-state index contributed by atoms with van der Waals surface area (Å²) in [4.78, 5) is 28.1. The summed E-state index contributed by atoms with van der Waals surface area (Å²) < 4.78 is 54.7. The Hall–Kier alpha value is -2.76. The lowest BCUT2D eigenvalue weighted by Crippen LogP contribution is -2.59. The second-order valence-electron chi connectivity index (χ2n) is 7.88. The van der Waals surface area contributed by atoms with Crippen LogP contribution in [0.2, 0.25) is 0 Å². The molecule has 178 valence electrons. The number of rotatable bonds is 6. The zero-order chi connectivity index (χ0) is 23.5. The summed E-state index contributed by atoms with van der Waals surface area (Å²) in [5.41, 5.74) is -0.00347. The predicted molar refractivity (Wildman–Crippen MR) is 105 cm³/mol. The smallest absolute Gasteiger partial charge is 0.406 e. The van der Waals surface area contributed by atoms with E-state index < -0.39 is 36.1 Å². The highest BCUT2D eigenvalue weighted by atomic mass is 19.4. The normalized spacial score (nSPS) is 21.1. The van der Waals surface area contributed by atoms with E-state index in [9.17, 15) is 32.3 Å². The highest BCUT2D eigenvalue weighted by Gasteiger charge is 2.41. The van der Waals surface area contributed by atoms with Gasteiger partial charge in [0.2, 0.25) is 0 Å². The number of ether oxygens (including phenoxy) is 1. The van der Waals surface area contributed by atoms with E-state index in [1.54, 1.807) is 11.8 Å². The number of benzene rings is 1. The van der Waals surface area contributed by atoms with E-state index in [1.165, 1.54) is 4.90 Å². The molecular weight excluding hydrogens is 436 g/mol. The fourth-order valence-corrected chi connectivity index (χ4v) is 3.79. The van der Waals surface area contributed by atoms with Crippen molar-refractivity contribution in [2.45, 2.75) is 57.3 Å². The monoisotopic (exact) mass is 462 g/mol. The zero-order valence-electron chi connectivity index (χ0n) is 17.5. The highest BCUT2D eigenvalue weighted by Crippen LogP contribution is 2.32. The maximum Gasteiger partial charge on any atom is 0.573 e. The molecule has 1 aliphatic carbocycles. The summed E-state index contributed by atoms with van der Waals surface area (Å²) in [6.07, 6.45) is -3.86. The molecule has 32 heavy (non-hydrogen) atoms. The summed E-state index contributed by atoms with van der Waals surface area (Å²) in [5.74, 6) is -1.63. The molecule has 0 bridgehead atoms. The summed E-state index contributed by atoms with van der Waals surface area (Å²) in [6.45, 7) is 2.39. The van der Waals surface area contributed by atoms with Crippen molar-refractivity contribution in [3.63, 3.8) is 0 Å². The first-order valence-corrected chi connectivity index (χ1v) is 10.4. The van der Waals surface area contributed by atoms with Crippen LogP contribution in [0.25, 0.3) is 0 Å². The highest BCUT2D eigenvalue weighted by molar-refractivity contribution is 5.76. The van der Waals surface area contributed by atoms with E-state index in [2.05, 4.69) is 15.4 Å². The molecule has 4 amide bonds. The molecule has 1 aromatic rings. The lowest BCUT2D eigenvalue weighted by atomic mass is 10.0. The van der Waals surface area contributed by atoms with Crippen LogP contribution < -0.4 is 15.4 Å². The van der Waals surface area contributed by atoms with Crippen molar-refractivity contribution in [1.82, 2.24) is 20.4 Å². The lowest BCUT2D eigenvalue weighted by Gasteiger charge is -2.41. The van der Waals surface area contributed by atoms with E-state index in [4.69, 9.17) is 0 Å². The molecule has 1 saturated carbocycles. The third-order valence-corrected chi connectivity index (χ3v) is 5.28. The number of hydrogen-bond donors (Lipinski definition) is 3. The molecule has 1 heterocycles. The number of carbonyl (C=O) groups is 2. The fourth-order valence-electron chi connectivity index (χ4n) is 3.79. The Kier molecular flexibility index (Phi) is 7.32. The number of alkyl halides is 3. The Morgan fingerprint density at radius 3 is 2.53 bits per heavy atom. The van der Waals surface area contributed by atoms with Crippen LogP contribution in [0.1, 0.15) is 31.7 Å². The van der Waals surface area contributed by atoms with Crippen molar-refractivity contribution in [2.75, 3.05) is 19.6 Å². The van der Waals surface area contributed by atoms with E-state index >= 15 is 0 Å². The predicted octanol–water partition coefficient (Wildman–Crippen LogP) is 2.56. The van der Waals surface area contributed by atoms with Gasteiger partial charge in [-0.05, 0) is 32.3 Å². The Balaban J connectivity index is 1.64. The number of halogens is 4. The molecule has 2 aliphatic rings. The number of urea groups is 2. The molecule has 8 nitrogen and oxygen atoms in total. The standard InChI is InChI=1S/C20H26F4N4O4/c1-2-25-18(30)27-10-14(7-15(29)11-27)28(13-4-5-13)19(31)26-9-12-3-6-16(8-17(12)21)32-20(22,23)24/h3,6,8,13-15,29H,2,4-5,7,9-11H2,1H3,(H,25,30)(H,26,31). The van der Waals surface area contributed by atoms with Crippen molar-refractivity contribution in [3.8, 4) is 5.75 Å². The molecule has 0 radical (unpaired) electrons. The molecule has 2 atom stereocenters. The van der Waals surface area contributed by atoms with Crippen LogP contribution in [0.15, 0.2) is 18.2 Å². The van der Waals surface area contributed by atoms with Crippen LogP contribution in [-0.2, 0) is 6.54 Å². The van der Waals surface area contributed by atoms with E-state index in [0.29, 0.717) is 19.0 Å². The number of hydrogen-bond acceptors (Lipinski definition) is 4. The molecular formula is C20H26F4N4O4.